The van der Waals surface area contributed by atoms with Crippen LogP contribution in [-0.4, -0.2) is 43.3 Å². The molecule has 178 valence electrons. The van der Waals surface area contributed by atoms with Gasteiger partial charge < -0.3 is 25.1 Å². The fourth-order valence-electron chi connectivity index (χ4n) is 3.89. The quantitative estimate of drug-likeness (QED) is 0.494. The molecule has 0 saturated carbocycles. The maximum Gasteiger partial charge on any atom is 0.407 e. The van der Waals surface area contributed by atoms with Crippen LogP contribution in [0.15, 0.2) is 59.5 Å². The van der Waals surface area contributed by atoms with Gasteiger partial charge in [-0.3, -0.25) is 9.59 Å². The van der Waals surface area contributed by atoms with Crippen LogP contribution in [0.4, 0.5) is 10.5 Å². The van der Waals surface area contributed by atoms with Crippen molar-refractivity contribution in [1.29, 1.82) is 0 Å². The average molecular weight is 464 g/mol. The lowest BCUT2D eigenvalue weighted by atomic mass is 9.84. The molecule has 3 N–H and O–H groups in total. The molecule has 1 saturated heterocycles. The summed E-state index contributed by atoms with van der Waals surface area (Å²) in [5, 5.41) is 6.07. The highest BCUT2D eigenvalue weighted by Gasteiger charge is 2.23. The van der Waals surface area contributed by atoms with Crippen LogP contribution in [0.5, 0.6) is 0 Å². The van der Waals surface area contributed by atoms with Crippen molar-refractivity contribution in [3.05, 3.63) is 76.1 Å². The van der Waals surface area contributed by atoms with E-state index in [1.54, 1.807) is 30.3 Å². The Labute approximate surface area is 197 Å². The lowest BCUT2D eigenvalue weighted by molar-refractivity contribution is 0.102. The van der Waals surface area contributed by atoms with Crippen LogP contribution in [0.25, 0.3) is 10.9 Å². The first kappa shape index (κ1) is 23.5. The standard InChI is InChI=1S/C26H29N3O5/c1-26(2,16-28-25(32)34-15-17-11-12-33-14-17)18-7-9-19(10-8-18)29-24(31)21-13-27-22-6-4-3-5-20(22)23(21)30/h3-10,13,17H,11-12,14-16H2,1-2H3,(H,27,30)(H,28,32)(H,29,31). The minimum Gasteiger partial charge on any atom is -0.449 e. The largest absolute Gasteiger partial charge is 0.449 e. The van der Waals surface area contributed by atoms with Gasteiger partial charge >= 0.3 is 6.09 Å². The van der Waals surface area contributed by atoms with Gasteiger partial charge in [0.25, 0.3) is 5.91 Å². The van der Waals surface area contributed by atoms with E-state index in [0.29, 0.717) is 36.3 Å². The Bertz CT molecular complexity index is 1230. The van der Waals surface area contributed by atoms with Gasteiger partial charge in [0.2, 0.25) is 5.43 Å². The molecule has 4 rings (SSSR count). The number of anilines is 1. The van der Waals surface area contributed by atoms with Gasteiger partial charge in [-0.05, 0) is 36.2 Å². The number of carbonyl (C=O) groups is 2. The Hall–Kier alpha value is -3.65. The third-order valence-corrected chi connectivity index (χ3v) is 6.11. The summed E-state index contributed by atoms with van der Waals surface area (Å²) >= 11 is 0. The average Bonchev–Trinajstić information content (AvgIpc) is 3.36. The molecule has 0 spiro atoms. The second-order valence-corrected chi connectivity index (χ2v) is 9.17. The molecule has 8 heteroatoms. The van der Waals surface area contributed by atoms with Crippen LogP contribution in [0.3, 0.4) is 0 Å². The maximum atomic E-state index is 12.7. The van der Waals surface area contributed by atoms with Crippen molar-refractivity contribution in [2.45, 2.75) is 25.7 Å². The molecule has 1 unspecified atom stereocenters. The summed E-state index contributed by atoms with van der Waals surface area (Å²) < 4.78 is 10.6. The van der Waals surface area contributed by atoms with Gasteiger partial charge in [-0.1, -0.05) is 38.1 Å². The van der Waals surface area contributed by atoms with Crippen molar-refractivity contribution >= 4 is 28.6 Å². The lowest BCUT2D eigenvalue weighted by Gasteiger charge is -2.26. The number of H-pyrrole nitrogens is 1. The summed E-state index contributed by atoms with van der Waals surface area (Å²) in [6.45, 7) is 6.14. The number of pyridine rings is 1. The van der Waals surface area contributed by atoms with Crippen molar-refractivity contribution in [3.8, 4) is 0 Å². The first-order valence-corrected chi connectivity index (χ1v) is 11.3. The number of para-hydroxylation sites is 1. The topological polar surface area (TPSA) is 110 Å². The number of carbonyl (C=O) groups excluding carboxylic acids is 2. The van der Waals surface area contributed by atoms with E-state index in [1.807, 2.05) is 32.0 Å². The highest BCUT2D eigenvalue weighted by Crippen LogP contribution is 2.24. The Kier molecular flexibility index (Phi) is 6.98. The number of hydrogen-bond donors (Lipinski definition) is 3. The van der Waals surface area contributed by atoms with E-state index in [1.165, 1.54) is 6.20 Å². The van der Waals surface area contributed by atoms with Gasteiger partial charge in [0.1, 0.15) is 5.56 Å². The summed E-state index contributed by atoms with van der Waals surface area (Å²) in [5.74, 6) is -0.206. The predicted octanol–water partition coefficient (Wildman–Crippen LogP) is 3.82. The maximum absolute atomic E-state index is 12.7. The molecule has 2 aromatic carbocycles. The normalized spacial score (nSPS) is 15.8. The molecule has 0 bridgehead atoms. The van der Waals surface area contributed by atoms with E-state index in [4.69, 9.17) is 9.47 Å². The second kappa shape index (κ2) is 10.1. The fraction of sp³-hybridized carbons (Fsp3) is 0.346. The molecule has 1 aliphatic heterocycles. The Morgan fingerprint density at radius 1 is 1.15 bits per heavy atom. The predicted molar refractivity (Wildman–Crippen MR) is 130 cm³/mol. The SMILES string of the molecule is CC(C)(CNC(=O)OCC1CCOC1)c1ccc(NC(=O)c2c[nH]c3ccccc3c2=O)cc1. The van der Waals surface area contributed by atoms with Crippen molar-refractivity contribution in [3.63, 3.8) is 0 Å². The van der Waals surface area contributed by atoms with Crippen LogP contribution in [0.2, 0.25) is 0 Å². The van der Waals surface area contributed by atoms with Crippen molar-refractivity contribution < 1.29 is 19.1 Å². The van der Waals surface area contributed by atoms with E-state index in [9.17, 15) is 14.4 Å². The first-order valence-electron chi connectivity index (χ1n) is 11.3. The van der Waals surface area contributed by atoms with Crippen LogP contribution in [0, 0.1) is 5.92 Å². The number of aromatic amines is 1. The lowest BCUT2D eigenvalue weighted by Crippen LogP contribution is -2.37. The van der Waals surface area contributed by atoms with E-state index in [2.05, 4.69) is 15.6 Å². The van der Waals surface area contributed by atoms with Crippen LogP contribution in [0.1, 0.15) is 36.2 Å². The highest BCUT2D eigenvalue weighted by molar-refractivity contribution is 6.05. The molecule has 1 atom stereocenters. The van der Waals surface area contributed by atoms with Crippen LogP contribution >= 0.6 is 0 Å². The zero-order valence-corrected chi connectivity index (χ0v) is 19.4. The highest BCUT2D eigenvalue weighted by atomic mass is 16.6. The van der Waals surface area contributed by atoms with E-state index < -0.39 is 12.0 Å². The van der Waals surface area contributed by atoms with Crippen molar-refractivity contribution in [2.75, 3.05) is 31.7 Å². The van der Waals surface area contributed by atoms with Gasteiger partial charge in [0, 0.05) is 47.3 Å². The number of ether oxygens (including phenoxy) is 2. The molecule has 0 aliphatic carbocycles. The zero-order valence-electron chi connectivity index (χ0n) is 19.4. The molecule has 3 aromatic rings. The fourth-order valence-corrected chi connectivity index (χ4v) is 3.89. The number of aromatic nitrogens is 1. The minimum atomic E-state index is -0.476. The first-order chi connectivity index (χ1) is 16.3. The summed E-state index contributed by atoms with van der Waals surface area (Å²) in [6.07, 6.45) is 1.91. The molecule has 1 fully saturated rings. The van der Waals surface area contributed by atoms with Crippen LogP contribution in [-0.2, 0) is 14.9 Å². The molecular weight excluding hydrogens is 434 g/mol. The van der Waals surface area contributed by atoms with Gasteiger partial charge in [-0.15, -0.1) is 0 Å². The summed E-state index contributed by atoms with van der Waals surface area (Å²) in [4.78, 5) is 40.4. The number of fused-ring (bicyclic) bond motifs is 1. The number of rotatable bonds is 7. The van der Waals surface area contributed by atoms with Gasteiger partial charge in [0.15, 0.2) is 0 Å². The van der Waals surface area contributed by atoms with E-state index in [0.717, 1.165) is 18.6 Å². The molecule has 1 aromatic heterocycles. The Morgan fingerprint density at radius 2 is 1.91 bits per heavy atom. The van der Waals surface area contributed by atoms with Crippen LogP contribution < -0.4 is 16.1 Å². The summed E-state index contributed by atoms with van der Waals surface area (Å²) in [5.41, 5.74) is 1.62. The zero-order chi connectivity index (χ0) is 24.1. The van der Waals surface area contributed by atoms with Gasteiger partial charge in [-0.25, -0.2) is 4.79 Å². The molecule has 2 heterocycles. The van der Waals surface area contributed by atoms with Crippen molar-refractivity contribution in [2.24, 2.45) is 5.92 Å². The van der Waals surface area contributed by atoms with E-state index >= 15 is 0 Å². The number of hydrogen-bond acceptors (Lipinski definition) is 5. The Morgan fingerprint density at radius 3 is 2.65 bits per heavy atom. The summed E-state index contributed by atoms with van der Waals surface area (Å²) in [6, 6.07) is 14.4. The smallest absolute Gasteiger partial charge is 0.407 e. The Balaban J connectivity index is 1.34. The third-order valence-electron chi connectivity index (χ3n) is 6.11. The van der Waals surface area contributed by atoms with Crippen molar-refractivity contribution in [1.82, 2.24) is 10.3 Å². The molecule has 34 heavy (non-hydrogen) atoms. The van der Waals surface area contributed by atoms with Gasteiger partial charge in [0.05, 0.1) is 13.2 Å². The monoisotopic (exact) mass is 463 g/mol. The van der Waals surface area contributed by atoms with Gasteiger partial charge in [-0.2, -0.15) is 0 Å². The summed E-state index contributed by atoms with van der Waals surface area (Å²) in [7, 11) is 0. The number of benzene rings is 2. The van der Waals surface area contributed by atoms with E-state index in [-0.39, 0.29) is 22.3 Å². The third kappa shape index (κ3) is 5.46. The number of nitrogens with one attached hydrogen (secondary N) is 3. The number of alkyl carbamates (subject to hydrolysis) is 1. The minimum absolute atomic E-state index is 0.0509. The molecule has 8 nitrogen and oxygen atoms in total. The molecule has 2 amide bonds. The second-order valence-electron chi connectivity index (χ2n) is 9.17. The molecular formula is C26H29N3O5. The number of amides is 2. The molecule has 1 aliphatic rings. The molecule has 0 radical (unpaired) electrons.